The molecule has 132 valence electrons. The third kappa shape index (κ3) is 3.98. The fourth-order valence-corrected chi connectivity index (χ4v) is 2.87. The maximum Gasteiger partial charge on any atom is 0.339 e. The number of carboxylic acids is 1. The molecule has 0 unspecified atom stereocenters. The van der Waals surface area contributed by atoms with Gasteiger partial charge in [0.1, 0.15) is 23.7 Å². The van der Waals surface area contributed by atoms with Crippen molar-refractivity contribution in [3.63, 3.8) is 0 Å². The first-order valence-corrected chi connectivity index (χ1v) is 8.34. The van der Waals surface area contributed by atoms with E-state index in [1.165, 1.54) is 6.07 Å². The molecule has 0 fully saturated rings. The molecule has 0 saturated carbocycles. The number of para-hydroxylation sites is 1. The van der Waals surface area contributed by atoms with Gasteiger partial charge >= 0.3 is 5.97 Å². The molecule has 3 aromatic rings. The van der Waals surface area contributed by atoms with Gasteiger partial charge in [-0.15, -0.1) is 0 Å². The van der Waals surface area contributed by atoms with Crippen molar-refractivity contribution in [3.05, 3.63) is 82.9 Å². The third-order valence-electron chi connectivity index (χ3n) is 3.92. The van der Waals surface area contributed by atoms with Crippen LogP contribution in [-0.4, -0.2) is 18.2 Å². The van der Waals surface area contributed by atoms with Crippen molar-refractivity contribution in [3.8, 4) is 22.6 Å². The van der Waals surface area contributed by atoms with Gasteiger partial charge in [0, 0.05) is 0 Å². The van der Waals surface area contributed by atoms with Gasteiger partial charge in [0.05, 0.1) is 12.1 Å². The minimum Gasteiger partial charge on any atom is -0.495 e. The van der Waals surface area contributed by atoms with E-state index in [-0.39, 0.29) is 12.2 Å². The van der Waals surface area contributed by atoms with Gasteiger partial charge in [-0.05, 0) is 47.0 Å². The van der Waals surface area contributed by atoms with Crippen LogP contribution in [0.1, 0.15) is 15.9 Å². The van der Waals surface area contributed by atoms with E-state index in [2.05, 4.69) is 0 Å². The zero-order valence-electron chi connectivity index (χ0n) is 14.1. The molecule has 0 atom stereocenters. The number of benzene rings is 3. The van der Waals surface area contributed by atoms with Crippen molar-refractivity contribution in [2.24, 2.45) is 0 Å². The van der Waals surface area contributed by atoms with Crippen LogP contribution >= 0.6 is 11.6 Å². The molecule has 0 bridgehead atoms. The minimum atomic E-state index is -1.01. The standard InChI is InChI=1S/C21H17ClO4/c1-25-20-10-9-16(12-18(20)22)15-6-4-5-14(11-15)13-26-19-8-3-2-7-17(19)21(23)24/h2-12H,13H2,1H3,(H,23,24). The Morgan fingerprint density at radius 1 is 0.962 bits per heavy atom. The van der Waals surface area contributed by atoms with Gasteiger partial charge < -0.3 is 14.6 Å². The smallest absolute Gasteiger partial charge is 0.339 e. The molecule has 0 saturated heterocycles. The summed E-state index contributed by atoms with van der Waals surface area (Å²) in [7, 11) is 1.58. The van der Waals surface area contributed by atoms with E-state index in [0.29, 0.717) is 16.5 Å². The second-order valence-electron chi connectivity index (χ2n) is 5.64. The number of rotatable bonds is 6. The van der Waals surface area contributed by atoms with Crippen molar-refractivity contribution < 1.29 is 19.4 Å². The molecule has 5 heteroatoms. The Hall–Kier alpha value is -2.98. The third-order valence-corrected chi connectivity index (χ3v) is 4.22. The molecule has 0 spiro atoms. The summed E-state index contributed by atoms with van der Waals surface area (Å²) in [4.78, 5) is 11.3. The molecule has 0 radical (unpaired) electrons. The highest BCUT2D eigenvalue weighted by Crippen LogP contribution is 2.30. The van der Waals surface area contributed by atoms with E-state index in [0.717, 1.165) is 16.7 Å². The van der Waals surface area contributed by atoms with E-state index < -0.39 is 5.97 Å². The van der Waals surface area contributed by atoms with Crippen molar-refractivity contribution in [2.45, 2.75) is 6.61 Å². The van der Waals surface area contributed by atoms with Crippen LogP contribution < -0.4 is 9.47 Å². The van der Waals surface area contributed by atoms with Crippen LogP contribution in [0.3, 0.4) is 0 Å². The lowest BCUT2D eigenvalue weighted by molar-refractivity contribution is 0.0691. The summed E-state index contributed by atoms with van der Waals surface area (Å²) in [5.74, 6) is -0.0414. The van der Waals surface area contributed by atoms with Crippen LogP contribution in [0.2, 0.25) is 5.02 Å². The summed E-state index contributed by atoms with van der Waals surface area (Å²) in [6.45, 7) is 0.266. The van der Waals surface area contributed by atoms with Crippen molar-refractivity contribution in [1.82, 2.24) is 0 Å². The van der Waals surface area contributed by atoms with Gasteiger partial charge in [-0.25, -0.2) is 4.79 Å². The number of carboxylic acid groups (broad SMARTS) is 1. The number of ether oxygens (including phenoxy) is 2. The maximum absolute atomic E-state index is 11.3. The molecule has 1 N–H and O–H groups in total. The summed E-state index contributed by atoms with van der Waals surface area (Å²) in [6, 6.07) is 20.0. The lowest BCUT2D eigenvalue weighted by Gasteiger charge is -2.11. The molecular weight excluding hydrogens is 352 g/mol. The molecule has 0 aliphatic heterocycles. The number of aromatic carboxylic acids is 1. The molecule has 0 heterocycles. The van der Waals surface area contributed by atoms with Crippen LogP contribution in [0, 0.1) is 0 Å². The fraction of sp³-hybridized carbons (Fsp3) is 0.0952. The Morgan fingerprint density at radius 2 is 1.73 bits per heavy atom. The molecule has 3 aromatic carbocycles. The van der Waals surface area contributed by atoms with Gasteiger partial charge in [0.2, 0.25) is 0 Å². The zero-order chi connectivity index (χ0) is 18.5. The highest BCUT2D eigenvalue weighted by atomic mass is 35.5. The van der Waals surface area contributed by atoms with E-state index >= 15 is 0 Å². The fourth-order valence-electron chi connectivity index (χ4n) is 2.62. The summed E-state index contributed by atoms with van der Waals surface area (Å²) in [5, 5.41) is 9.77. The van der Waals surface area contributed by atoms with Gasteiger partial charge in [-0.2, -0.15) is 0 Å². The van der Waals surface area contributed by atoms with Crippen molar-refractivity contribution >= 4 is 17.6 Å². The monoisotopic (exact) mass is 368 g/mol. The highest BCUT2D eigenvalue weighted by molar-refractivity contribution is 6.32. The van der Waals surface area contributed by atoms with E-state index in [1.54, 1.807) is 25.3 Å². The number of methoxy groups -OCH3 is 1. The molecule has 4 nitrogen and oxygen atoms in total. The quantitative estimate of drug-likeness (QED) is 0.642. The lowest BCUT2D eigenvalue weighted by atomic mass is 10.0. The molecule has 0 aliphatic rings. The maximum atomic E-state index is 11.3. The first kappa shape index (κ1) is 17.8. The van der Waals surface area contributed by atoms with Gasteiger partial charge in [-0.1, -0.05) is 48.0 Å². The average molecular weight is 369 g/mol. The van der Waals surface area contributed by atoms with Gasteiger partial charge in [-0.3, -0.25) is 0 Å². The van der Waals surface area contributed by atoms with Crippen LogP contribution in [0.4, 0.5) is 0 Å². The van der Waals surface area contributed by atoms with Crippen LogP contribution in [0.15, 0.2) is 66.7 Å². The lowest BCUT2D eigenvalue weighted by Crippen LogP contribution is -2.03. The Labute approximate surface area is 156 Å². The molecule has 0 amide bonds. The number of hydrogen-bond acceptors (Lipinski definition) is 3. The number of hydrogen-bond donors (Lipinski definition) is 1. The average Bonchev–Trinajstić information content (AvgIpc) is 2.66. The summed E-state index contributed by atoms with van der Waals surface area (Å²) < 4.78 is 10.9. The van der Waals surface area contributed by atoms with Crippen molar-refractivity contribution in [1.29, 1.82) is 0 Å². The molecule has 26 heavy (non-hydrogen) atoms. The predicted octanol–water partition coefficient (Wildman–Crippen LogP) is 5.29. The Balaban J connectivity index is 1.80. The number of carbonyl (C=O) groups is 1. The van der Waals surface area contributed by atoms with Crippen LogP contribution in [0.25, 0.3) is 11.1 Å². The number of halogens is 1. The molecular formula is C21H17ClO4. The summed E-state index contributed by atoms with van der Waals surface area (Å²) >= 11 is 6.20. The zero-order valence-corrected chi connectivity index (χ0v) is 14.9. The second kappa shape index (κ2) is 7.93. The predicted molar refractivity (Wildman–Crippen MR) is 101 cm³/mol. The van der Waals surface area contributed by atoms with Crippen molar-refractivity contribution in [2.75, 3.05) is 7.11 Å². The summed E-state index contributed by atoms with van der Waals surface area (Å²) in [5.41, 5.74) is 3.02. The highest BCUT2D eigenvalue weighted by Gasteiger charge is 2.10. The summed E-state index contributed by atoms with van der Waals surface area (Å²) in [6.07, 6.45) is 0. The van der Waals surface area contributed by atoms with Crippen LogP contribution in [-0.2, 0) is 6.61 Å². The Kier molecular flexibility index (Phi) is 5.44. The van der Waals surface area contributed by atoms with Gasteiger partial charge in [0.15, 0.2) is 0 Å². The van der Waals surface area contributed by atoms with E-state index in [4.69, 9.17) is 21.1 Å². The minimum absolute atomic E-state index is 0.144. The van der Waals surface area contributed by atoms with Gasteiger partial charge in [0.25, 0.3) is 0 Å². The largest absolute Gasteiger partial charge is 0.495 e. The first-order chi connectivity index (χ1) is 12.6. The first-order valence-electron chi connectivity index (χ1n) is 7.96. The second-order valence-corrected chi connectivity index (χ2v) is 6.05. The Bertz CT molecular complexity index is 937. The SMILES string of the molecule is COc1ccc(-c2cccc(COc3ccccc3C(=O)O)c2)cc1Cl. The normalized spacial score (nSPS) is 10.4. The molecule has 0 aromatic heterocycles. The Morgan fingerprint density at radius 3 is 2.46 bits per heavy atom. The topological polar surface area (TPSA) is 55.8 Å². The molecule has 3 rings (SSSR count). The van der Waals surface area contributed by atoms with E-state index in [1.807, 2.05) is 42.5 Å². The van der Waals surface area contributed by atoms with Crippen LogP contribution in [0.5, 0.6) is 11.5 Å². The molecule has 0 aliphatic carbocycles. The van der Waals surface area contributed by atoms with E-state index in [9.17, 15) is 9.90 Å².